The first-order valence-corrected chi connectivity index (χ1v) is 19.1. The molecule has 0 aliphatic carbocycles. The Hall–Kier alpha value is -2.53. The number of carbonyl (C=O) groups is 1. The molecule has 4 rings (SSSR count). The van der Waals surface area contributed by atoms with Crippen molar-refractivity contribution >= 4 is 41.4 Å². The molecule has 0 aromatic carbocycles. The molecule has 244 valence electrons. The van der Waals surface area contributed by atoms with Gasteiger partial charge in [-0.25, -0.2) is 9.67 Å². The molecule has 2 atom stereocenters. The molecule has 0 spiro atoms. The lowest BCUT2D eigenvalue weighted by molar-refractivity contribution is -0.138. The number of aromatic nitrogens is 3. The van der Waals surface area contributed by atoms with Crippen LogP contribution in [0.1, 0.15) is 24.5 Å². The van der Waals surface area contributed by atoms with E-state index >= 15 is 0 Å². The highest BCUT2D eigenvalue weighted by molar-refractivity contribution is 9.10. The number of nitrogens with zero attached hydrogens (tertiary/aromatic N) is 5. The fourth-order valence-corrected chi connectivity index (χ4v) is 6.08. The van der Waals surface area contributed by atoms with Gasteiger partial charge < -0.3 is 29.3 Å². The number of amides is 1. The van der Waals surface area contributed by atoms with E-state index in [1.54, 1.807) is 11.1 Å². The number of fused-ring (bicyclic) bond motifs is 3. The molecule has 1 fully saturated rings. The van der Waals surface area contributed by atoms with Crippen molar-refractivity contribution in [3.05, 3.63) is 44.4 Å². The third kappa shape index (κ3) is 9.25. The number of carbonyl (C=O) groups excluding carboxylic acids is 1. The van der Waals surface area contributed by atoms with E-state index in [2.05, 4.69) is 51.0 Å². The normalized spacial score (nSPS) is 18.0. The molecule has 16 heteroatoms. The maximum absolute atomic E-state index is 13.1. The van der Waals surface area contributed by atoms with E-state index in [4.69, 9.17) is 14.2 Å². The van der Waals surface area contributed by atoms with Crippen molar-refractivity contribution in [2.45, 2.75) is 70.6 Å². The van der Waals surface area contributed by atoms with Crippen LogP contribution in [0.5, 0.6) is 0 Å². The Morgan fingerprint density at radius 2 is 2.00 bits per heavy atom. The second-order valence-electron chi connectivity index (χ2n) is 12.3. The molecule has 11 nitrogen and oxygen atoms in total. The van der Waals surface area contributed by atoms with Gasteiger partial charge in [-0.2, -0.15) is 18.3 Å². The van der Waals surface area contributed by atoms with Crippen LogP contribution in [-0.2, 0) is 38.5 Å². The highest BCUT2D eigenvalue weighted by atomic mass is 79.9. The lowest BCUT2D eigenvalue weighted by Crippen LogP contribution is -2.56. The van der Waals surface area contributed by atoms with Crippen LogP contribution in [-0.4, -0.2) is 91.8 Å². The number of piperazine rings is 1. The van der Waals surface area contributed by atoms with Crippen LogP contribution >= 0.6 is 15.9 Å². The summed E-state index contributed by atoms with van der Waals surface area (Å²) in [5, 5.41) is 7.41. The molecule has 0 radical (unpaired) electrons. The minimum Gasteiger partial charge on any atom is -0.379 e. The first-order chi connectivity index (χ1) is 20.7. The summed E-state index contributed by atoms with van der Waals surface area (Å²) >= 11 is 3.36. The Kier molecular flexibility index (Phi) is 11.5. The van der Waals surface area contributed by atoms with E-state index in [9.17, 15) is 22.8 Å². The summed E-state index contributed by atoms with van der Waals surface area (Å²) in [6.07, 6.45) is -1.88. The molecule has 44 heavy (non-hydrogen) atoms. The Balaban J connectivity index is 1.20. The number of pyridine rings is 1. The number of nitrogens with one attached hydrogen (secondary N) is 1. The van der Waals surface area contributed by atoms with Gasteiger partial charge >= 0.3 is 6.18 Å². The van der Waals surface area contributed by atoms with Gasteiger partial charge in [-0.1, -0.05) is 19.6 Å². The molecule has 4 heterocycles. The molecule has 1 amide bonds. The van der Waals surface area contributed by atoms with E-state index in [0.29, 0.717) is 54.4 Å². The van der Waals surface area contributed by atoms with Gasteiger partial charge in [0.2, 0.25) is 5.91 Å². The summed E-state index contributed by atoms with van der Waals surface area (Å²) in [7, 11) is -1.22. The Morgan fingerprint density at radius 1 is 1.23 bits per heavy atom. The molecule has 0 unspecified atom stereocenters. The number of hydrogen-bond donors (Lipinski definition) is 1. The van der Waals surface area contributed by atoms with Gasteiger partial charge in [0.15, 0.2) is 0 Å². The predicted molar refractivity (Wildman–Crippen MR) is 165 cm³/mol. The highest BCUT2D eigenvalue weighted by Gasteiger charge is 2.36. The molecule has 2 aliphatic heterocycles. The fourth-order valence-electron chi connectivity index (χ4n) is 4.90. The molecule has 1 N–H and O–H groups in total. The summed E-state index contributed by atoms with van der Waals surface area (Å²) in [5.41, 5.74) is -0.174. The molecular weight excluding hydrogens is 665 g/mol. The van der Waals surface area contributed by atoms with Gasteiger partial charge in [-0.15, -0.1) is 0 Å². The van der Waals surface area contributed by atoms with Crippen molar-refractivity contribution in [1.82, 2.24) is 19.7 Å². The van der Waals surface area contributed by atoms with Crippen molar-refractivity contribution < 1.29 is 32.2 Å². The lowest BCUT2D eigenvalue weighted by Gasteiger charge is -2.41. The van der Waals surface area contributed by atoms with Gasteiger partial charge in [0.25, 0.3) is 5.56 Å². The van der Waals surface area contributed by atoms with Crippen LogP contribution in [0, 0.1) is 0 Å². The summed E-state index contributed by atoms with van der Waals surface area (Å²) in [5.74, 6) is 0.403. The number of alkyl halides is 3. The van der Waals surface area contributed by atoms with Crippen molar-refractivity contribution in [2.24, 2.45) is 0 Å². The zero-order chi connectivity index (χ0) is 32.1. The van der Waals surface area contributed by atoms with E-state index < -0.39 is 19.8 Å². The molecule has 1 saturated heterocycles. The molecule has 0 saturated carbocycles. The minimum atomic E-state index is -4.48. The summed E-state index contributed by atoms with van der Waals surface area (Å²) in [6.45, 7) is 11.4. The highest BCUT2D eigenvalue weighted by Crippen LogP contribution is 2.34. The second kappa shape index (κ2) is 14.7. The fraction of sp³-hybridized carbons (Fsp3) is 0.643. The summed E-state index contributed by atoms with van der Waals surface area (Å²) in [4.78, 5) is 33.4. The molecule has 2 aliphatic rings. The number of halogens is 4. The van der Waals surface area contributed by atoms with Gasteiger partial charge in [0.05, 0.1) is 56.3 Å². The van der Waals surface area contributed by atoms with Gasteiger partial charge in [0, 0.05) is 52.1 Å². The third-order valence-electron chi connectivity index (χ3n) is 7.37. The SMILES string of the molecule is C[C@@H](COCCC(=O)N1CCN2c3ncc(C(F)(F)F)cc3COC[C@H]2C1)Nc1cnn(COCC[Si](C)(C)C)c(=O)c1Br. The van der Waals surface area contributed by atoms with Crippen LogP contribution in [0.3, 0.4) is 0 Å². The second-order valence-corrected chi connectivity index (χ2v) is 18.7. The first-order valence-electron chi connectivity index (χ1n) is 14.6. The molecule has 2 aromatic heterocycles. The van der Waals surface area contributed by atoms with Crippen LogP contribution in [0.4, 0.5) is 24.7 Å². The van der Waals surface area contributed by atoms with E-state index in [1.165, 1.54) is 4.68 Å². The summed E-state index contributed by atoms with van der Waals surface area (Å²) in [6, 6.07) is 1.72. The summed E-state index contributed by atoms with van der Waals surface area (Å²) < 4.78 is 58.1. The monoisotopic (exact) mass is 704 g/mol. The van der Waals surface area contributed by atoms with Crippen molar-refractivity contribution in [2.75, 3.05) is 56.3 Å². The van der Waals surface area contributed by atoms with Gasteiger partial charge in [0.1, 0.15) is 17.0 Å². The molecule has 2 aromatic rings. The number of ether oxygens (including phenoxy) is 3. The Morgan fingerprint density at radius 3 is 2.73 bits per heavy atom. The molecular formula is C28H40BrF3N6O5Si. The number of hydrogen-bond acceptors (Lipinski definition) is 9. The standard InChI is InChI=1S/C28H40BrF3N6O5Si/c1-19(35-23-13-34-38(27(40)25(23)29)18-42-9-10-44(2,3)4)15-41-8-5-24(39)36-6-7-37-22(14-36)17-43-16-20-11-21(28(30,31)32)12-33-26(20)37/h11-13,19,22,35H,5-10,14-18H2,1-4H3/t19-,22+/m0/s1. The average molecular weight is 706 g/mol. The smallest absolute Gasteiger partial charge is 0.379 e. The van der Waals surface area contributed by atoms with E-state index in [0.717, 1.165) is 18.3 Å². The van der Waals surface area contributed by atoms with E-state index in [1.807, 2.05) is 11.8 Å². The largest absolute Gasteiger partial charge is 0.417 e. The van der Waals surface area contributed by atoms with Gasteiger partial charge in [-0.05, 0) is 35.0 Å². The Labute approximate surface area is 264 Å². The Bertz CT molecular complexity index is 1360. The van der Waals surface area contributed by atoms with Crippen LogP contribution in [0.15, 0.2) is 27.7 Å². The minimum absolute atomic E-state index is 0.0340. The zero-order valence-electron chi connectivity index (χ0n) is 25.5. The van der Waals surface area contributed by atoms with E-state index in [-0.39, 0.29) is 56.5 Å². The quantitative estimate of drug-likeness (QED) is 0.257. The average Bonchev–Trinajstić information content (AvgIpc) is 3.14. The number of anilines is 2. The van der Waals surface area contributed by atoms with Gasteiger partial charge in [-0.3, -0.25) is 9.59 Å². The first kappa shape index (κ1) is 34.3. The predicted octanol–water partition coefficient (Wildman–Crippen LogP) is 4.19. The van der Waals surface area contributed by atoms with Crippen molar-refractivity contribution in [3.8, 4) is 0 Å². The topological polar surface area (TPSA) is 111 Å². The third-order valence-corrected chi connectivity index (χ3v) is 9.84. The maximum atomic E-state index is 13.1. The number of rotatable bonds is 12. The maximum Gasteiger partial charge on any atom is 0.417 e. The van der Waals surface area contributed by atoms with Crippen molar-refractivity contribution in [3.63, 3.8) is 0 Å². The van der Waals surface area contributed by atoms with Crippen LogP contribution in [0.2, 0.25) is 25.7 Å². The zero-order valence-corrected chi connectivity index (χ0v) is 28.0. The van der Waals surface area contributed by atoms with Crippen LogP contribution in [0.25, 0.3) is 0 Å². The van der Waals surface area contributed by atoms with Crippen molar-refractivity contribution in [1.29, 1.82) is 0 Å². The lowest BCUT2D eigenvalue weighted by atomic mass is 10.1. The van der Waals surface area contributed by atoms with Crippen LogP contribution < -0.4 is 15.8 Å². The molecule has 0 bridgehead atoms.